The van der Waals surface area contributed by atoms with Crippen LogP contribution >= 0.6 is 0 Å². The molecular formula is C24H25N5O2. The maximum atomic E-state index is 13.5. The normalized spacial score (nSPS) is 21.9. The molecule has 0 radical (unpaired) electrons. The van der Waals surface area contributed by atoms with E-state index in [1.807, 2.05) is 33.2 Å². The summed E-state index contributed by atoms with van der Waals surface area (Å²) >= 11 is 0. The minimum Gasteiger partial charge on any atom is -0.338 e. The van der Waals surface area contributed by atoms with Gasteiger partial charge >= 0.3 is 0 Å². The average molecular weight is 415 g/mol. The topological polar surface area (TPSA) is 79.3 Å². The quantitative estimate of drug-likeness (QED) is 0.768. The molecule has 0 saturated carbocycles. The number of pyridine rings is 1. The molecule has 0 bridgehead atoms. The van der Waals surface area contributed by atoms with Crippen molar-refractivity contribution in [3.63, 3.8) is 0 Å². The lowest BCUT2D eigenvalue weighted by Crippen LogP contribution is -2.42. The van der Waals surface area contributed by atoms with Gasteiger partial charge in [0, 0.05) is 48.9 Å². The number of carbonyl (C=O) groups is 2. The van der Waals surface area contributed by atoms with Crippen LogP contribution in [0.3, 0.4) is 0 Å². The summed E-state index contributed by atoms with van der Waals surface area (Å²) in [6.45, 7) is 7.39. The number of likely N-dealkylation sites (tertiary alicyclic amines) is 1. The maximum absolute atomic E-state index is 13.5. The number of carbonyl (C=O) groups excluding carboxylic acids is 2. The van der Waals surface area contributed by atoms with Crippen LogP contribution in [0.4, 0.5) is 5.69 Å². The van der Waals surface area contributed by atoms with Crippen LogP contribution in [0.1, 0.15) is 48.4 Å². The van der Waals surface area contributed by atoms with E-state index in [0.29, 0.717) is 11.3 Å². The third-order valence-corrected chi connectivity index (χ3v) is 6.60. The highest BCUT2D eigenvalue weighted by atomic mass is 16.2. The van der Waals surface area contributed by atoms with Crippen LogP contribution in [0.2, 0.25) is 0 Å². The van der Waals surface area contributed by atoms with Gasteiger partial charge < -0.3 is 4.90 Å². The van der Waals surface area contributed by atoms with Crippen molar-refractivity contribution in [3.05, 3.63) is 65.7 Å². The molecule has 5 rings (SSSR count). The Balaban J connectivity index is 1.54. The fraction of sp³-hybridized carbons (Fsp3) is 0.375. The molecule has 1 unspecified atom stereocenters. The maximum Gasteiger partial charge on any atom is 0.255 e. The minimum atomic E-state index is -0.547. The molecule has 2 aromatic rings. The second-order valence-corrected chi connectivity index (χ2v) is 8.98. The molecule has 7 heteroatoms. The van der Waals surface area contributed by atoms with Crippen molar-refractivity contribution in [2.45, 2.75) is 33.6 Å². The summed E-state index contributed by atoms with van der Waals surface area (Å²) < 4.78 is 0. The standard InChI is InChI=1S/C24H25N5O2/c1-15-26-12-18(13-27-15)16-5-6-20-21(10-16)29(23(31)24(20,2)3)19-9-17(11-25-14-19)22(30)28-7-4-8-28/h5,9-14,20H,4,6-8H2,1-3H3. The number of amides is 2. The van der Waals surface area contributed by atoms with Crippen LogP contribution in [-0.4, -0.2) is 44.8 Å². The van der Waals surface area contributed by atoms with Crippen LogP contribution in [0.5, 0.6) is 0 Å². The minimum absolute atomic E-state index is 0.0221. The zero-order valence-electron chi connectivity index (χ0n) is 18.0. The van der Waals surface area contributed by atoms with E-state index >= 15 is 0 Å². The van der Waals surface area contributed by atoms with E-state index in [2.05, 4.69) is 27.1 Å². The molecular weight excluding hydrogens is 390 g/mol. The SMILES string of the molecule is Cc1ncc(C2=CCC3C(=C2)N(c2cncc(C(=O)N4CCC4)c2)C(=O)C3(C)C)cn1. The number of aryl methyl sites for hydroxylation is 1. The number of nitrogens with zero attached hydrogens (tertiary/aromatic N) is 5. The summed E-state index contributed by atoms with van der Waals surface area (Å²) in [7, 11) is 0. The van der Waals surface area contributed by atoms with Crippen LogP contribution < -0.4 is 4.90 Å². The van der Waals surface area contributed by atoms with Crippen molar-refractivity contribution in [1.82, 2.24) is 19.9 Å². The Morgan fingerprint density at radius 2 is 1.87 bits per heavy atom. The van der Waals surface area contributed by atoms with Gasteiger partial charge in [-0.1, -0.05) is 19.9 Å². The Labute approximate surface area is 181 Å². The molecule has 158 valence electrons. The van der Waals surface area contributed by atoms with Gasteiger partial charge in [0.25, 0.3) is 5.91 Å². The highest BCUT2D eigenvalue weighted by molar-refractivity contribution is 6.06. The highest BCUT2D eigenvalue weighted by Gasteiger charge is 2.51. The molecule has 0 aromatic carbocycles. The Hall–Kier alpha value is -3.35. The molecule has 2 amide bonds. The number of allylic oxidation sites excluding steroid dienone is 4. The Kier molecular flexibility index (Phi) is 4.50. The fourth-order valence-electron chi connectivity index (χ4n) is 4.50. The predicted molar refractivity (Wildman–Crippen MR) is 117 cm³/mol. The molecule has 2 fully saturated rings. The second-order valence-electron chi connectivity index (χ2n) is 8.98. The first-order chi connectivity index (χ1) is 14.9. The largest absolute Gasteiger partial charge is 0.338 e. The van der Waals surface area contributed by atoms with E-state index in [1.54, 1.807) is 28.3 Å². The van der Waals surface area contributed by atoms with Gasteiger partial charge in [-0.05, 0) is 37.5 Å². The summed E-state index contributed by atoms with van der Waals surface area (Å²) in [5.41, 5.74) is 3.47. The zero-order chi connectivity index (χ0) is 21.8. The van der Waals surface area contributed by atoms with Crippen LogP contribution in [0.25, 0.3) is 5.57 Å². The molecule has 2 saturated heterocycles. The summed E-state index contributed by atoms with van der Waals surface area (Å²) in [5, 5.41) is 0. The van der Waals surface area contributed by atoms with Gasteiger partial charge in [0.2, 0.25) is 5.91 Å². The van der Waals surface area contributed by atoms with E-state index in [-0.39, 0.29) is 17.7 Å². The molecule has 1 atom stereocenters. The number of anilines is 1. The fourth-order valence-corrected chi connectivity index (χ4v) is 4.50. The highest BCUT2D eigenvalue weighted by Crippen LogP contribution is 2.50. The number of fused-ring (bicyclic) bond motifs is 1. The van der Waals surface area contributed by atoms with Gasteiger partial charge in [0.05, 0.1) is 22.9 Å². The van der Waals surface area contributed by atoms with Gasteiger partial charge in [-0.2, -0.15) is 0 Å². The van der Waals surface area contributed by atoms with Crippen molar-refractivity contribution in [3.8, 4) is 0 Å². The number of hydrogen-bond acceptors (Lipinski definition) is 5. The van der Waals surface area contributed by atoms with Gasteiger partial charge in [0.1, 0.15) is 5.82 Å². The smallest absolute Gasteiger partial charge is 0.255 e. The molecule has 2 aromatic heterocycles. The van der Waals surface area contributed by atoms with E-state index in [9.17, 15) is 9.59 Å². The predicted octanol–water partition coefficient (Wildman–Crippen LogP) is 3.39. The van der Waals surface area contributed by atoms with Gasteiger partial charge in [-0.3, -0.25) is 19.5 Å². The van der Waals surface area contributed by atoms with E-state index in [1.165, 1.54) is 0 Å². The molecule has 0 N–H and O–H groups in total. The van der Waals surface area contributed by atoms with Crippen molar-refractivity contribution < 1.29 is 9.59 Å². The van der Waals surface area contributed by atoms with Crippen molar-refractivity contribution >= 4 is 23.1 Å². The summed E-state index contributed by atoms with van der Waals surface area (Å²) in [6.07, 6.45) is 12.9. The number of rotatable bonds is 3. The summed E-state index contributed by atoms with van der Waals surface area (Å²) in [4.78, 5) is 42.6. The Bertz CT molecular complexity index is 1130. The third-order valence-electron chi connectivity index (χ3n) is 6.60. The second kappa shape index (κ2) is 7.11. The molecule has 2 aliphatic heterocycles. The van der Waals surface area contributed by atoms with Crippen LogP contribution in [0, 0.1) is 18.3 Å². The molecule has 0 spiro atoms. The van der Waals surface area contributed by atoms with Gasteiger partial charge in [-0.15, -0.1) is 0 Å². The molecule has 7 nitrogen and oxygen atoms in total. The van der Waals surface area contributed by atoms with Gasteiger partial charge in [0.15, 0.2) is 0 Å². The first-order valence-electron chi connectivity index (χ1n) is 10.7. The Morgan fingerprint density at radius 1 is 1.13 bits per heavy atom. The first-order valence-corrected chi connectivity index (χ1v) is 10.7. The van der Waals surface area contributed by atoms with Crippen molar-refractivity contribution in [2.75, 3.05) is 18.0 Å². The van der Waals surface area contributed by atoms with E-state index < -0.39 is 5.41 Å². The molecule has 31 heavy (non-hydrogen) atoms. The van der Waals surface area contributed by atoms with Crippen molar-refractivity contribution in [2.24, 2.45) is 11.3 Å². The zero-order valence-corrected chi connectivity index (χ0v) is 18.0. The van der Waals surface area contributed by atoms with E-state index in [0.717, 1.165) is 48.6 Å². The molecule has 4 heterocycles. The van der Waals surface area contributed by atoms with Crippen LogP contribution in [-0.2, 0) is 4.79 Å². The van der Waals surface area contributed by atoms with E-state index in [4.69, 9.17) is 0 Å². The van der Waals surface area contributed by atoms with Crippen LogP contribution in [0.15, 0.2) is 48.7 Å². The number of aromatic nitrogens is 3. The monoisotopic (exact) mass is 415 g/mol. The average Bonchev–Trinajstić information content (AvgIpc) is 2.92. The third kappa shape index (κ3) is 3.15. The molecule has 1 aliphatic carbocycles. The Morgan fingerprint density at radius 3 is 2.55 bits per heavy atom. The number of hydrogen-bond donors (Lipinski definition) is 0. The lowest BCUT2D eigenvalue weighted by Gasteiger charge is -2.31. The summed E-state index contributed by atoms with van der Waals surface area (Å²) in [5.74, 6) is 0.774. The summed E-state index contributed by atoms with van der Waals surface area (Å²) in [6, 6.07) is 1.79. The lowest BCUT2D eigenvalue weighted by molar-refractivity contribution is -0.125. The first kappa shape index (κ1) is 19.6. The van der Waals surface area contributed by atoms with Crippen molar-refractivity contribution in [1.29, 1.82) is 0 Å². The van der Waals surface area contributed by atoms with Gasteiger partial charge in [-0.25, -0.2) is 9.97 Å². The molecule has 3 aliphatic rings. The lowest BCUT2D eigenvalue weighted by atomic mass is 9.75.